The Morgan fingerprint density at radius 3 is 2.70 bits per heavy atom. The number of carbonyl (C=O) groups excluding carboxylic acids is 1. The van der Waals surface area contributed by atoms with Crippen LogP contribution in [0.4, 0.5) is 10.3 Å². The Bertz CT molecular complexity index is 688. The molecule has 0 saturated carbocycles. The fourth-order valence-corrected chi connectivity index (χ4v) is 2.11. The van der Waals surface area contributed by atoms with Crippen LogP contribution in [-0.2, 0) is 6.42 Å². The van der Waals surface area contributed by atoms with E-state index in [4.69, 9.17) is 0 Å². The number of benzene rings is 1. The molecule has 1 amide bonds. The number of hydrogen-bond acceptors (Lipinski definition) is 4. The minimum absolute atomic E-state index is 0.0373. The van der Waals surface area contributed by atoms with Crippen molar-refractivity contribution >= 4 is 11.9 Å². The predicted octanol–water partition coefficient (Wildman–Crippen LogP) is 2.72. The molecule has 23 heavy (non-hydrogen) atoms. The van der Waals surface area contributed by atoms with Gasteiger partial charge in [-0.2, -0.15) is 0 Å². The number of nitrogens with one attached hydrogen (secondary N) is 2. The van der Waals surface area contributed by atoms with Crippen LogP contribution in [0.1, 0.15) is 35.6 Å². The molecule has 122 valence electrons. The summed E-state index contributed by atoms with van der Waals surface area (Å²) in [5, 5.41) is 5.84. The summed E-state index contributed by atoms with van der Waals surface area (Å²) in [6, 6.07) is 8.32. The molecule has 2 rings (SSSR count). The molecule has 1 aromatic heterocycles. The molecule has 5 nitrogen and oxygen atoms in total. The van der Waals surface area contributed by atoms with Crippen LogP contribution in [0.5, 0.6) is 0 Å². The lowest BCUT2D eigenvalue weighted by Gasteiger charge is -2.10. The zero-order chi connectivity index (χ0) is 16.8. The maximum atomic E-state index is 13.6. The molecule has 0 aliphatic carbocycles. The second-order valence-corrected chi connectivity index (χ2v) is 5.61. The Morgan fingerprint density at radius 2 is 2.00 bits per heavy atom. The fraction of sp³-hybridized carbons (Fsp3) is 0.353. The van der Waals surface area contributed by atoms with Gasteiger partial charge in [-0.05, 0) is 44.9 Å². The number of anilines is 1. The monoisotopic (exact) mass is 316 g/mol. The van der Waals surface area contributed by atoms with Crippen LogP contribution in [0, 0.1) is 12.7 Å². The van der Waals surface area contributed by atoms with Crippen molar-refractivity contribution in [2.75, 3.05) is 11.9 Å². The van der Waals surface area contributed by atoms with E-state index in [0.717, 1.165) is 0 Å². The van der Waals surface area contributed by atoms with E-state index in [-0.39, 0.29) is 17.8 Å². The molecule has 0 radical (unpaired) electrons. The quantitative estimate of drug-likeness (QED) is 0.860. The first-order chi connectivity index (χ1) is 11.0. The summed E-state index contributed by atoms with van der Waals surface area (Å²) >= 11 is 0. The number of amides is 1. The average molecular weight is 316 g/mol. The van der Waals surface area contributed by atoms with Crippen molar-refractivity contribution in [2.45, 2.75) is 33.2 Å². The highest BCUT2D eigenvalue weighted by Gasteiger charge is 2.11. The second kappa shape index (κ2) is 7.67. The summed E-state index contributed by atoms with van der Waals surface area (Å²) in [4.78, 5) is 20.5. The molecule has 2 N–H and O–H groups in total. The molecule has 0 bridgehead atoms. The van der Waals surface area contributed by atoms with Crippen molar-refractivity contribution in [2.24, 2.45) is 0 Å². The van der Waals surface area contributed by atoms with Crippen LogP contribution < -0.4 is 10.6 Å². The molecule has 1 heterocycles. The Balaban J connectivity index is 2.01. The zero-order valence-corrected chi connectivity index (χ0v) is 13.6. The fourth-order valence-electron chi connectivity index (χ4n) is 2.11. The summed E-state index contributed by atoms with van der Waals surface area (Å²) in [6.45, 7) is 6.06. The number of rotatable bonds is 6. The first kappa shape index (κ1) is 16.9. The van der Waals surface area contributed by atoms with E-state index in [1.54, 1.807) is 31.2 Å². The third-order valence-electron chi connectivity index (χ3n) is 3.14. The molecule has 1 aromatic carbocycles. The van der Waals surface area contributed by atoms with Crippen LogP contribution in [-0.4, -0.2) is 28.5 Å². The van der Waals surface area contributed by atoms with Gasteiger partial charge in [-0.15, -0.1) is 0 Å². The smallest absolute Gasteiger partial charge is 0.270 e. The van der Waals surface area contributed by atoms with Gasteiger partial charge in [-0.3, -0.25) is 4.79 Å². The molecule has 0 atom stereocenters. The van der Waals surface area contributed by atoms with Gasteiger partial charge in [0, 0.05) is 18.3 Å². The SMILES string of the molecule is Cc1cc(C(=O)NC(C)C)nc(NCCc2ccccc2F)n1. The van der Waals surface area contributed by atoms with Crippen molar-refractivity contribution in [3.8, 4) is 0 Å². The van der Waals surface area contributed by atoms with Gasteiger partial charge in [0.05, 0.1) is 0 Å². The summed E-state index contributed by atoms with van der Waals surface area (Å²) in [5.41, 5.74) is 1.65. The standard InChI is InChI=1S/C17H21FN4O/c1-11(2)20-16(23)15-10-12(3)21-17(22-15)19-9-8-13-6-4-5-7-14(13)18/h4-7,10-11H,8-9H2,1-3H3,(H,20,23)(H,19,21,22). The Kier molecular flexibility index (Phi) is 5.62. The molecule has 6 heteroatoms. The summed E-state index contributed by atoms with van der Waals surface area (Å²) in [6.07, 6.45) is 0.511. The summed E-state index contributed by atoms with van der Waals surface area (Å²) < 4.78 is 13.6. The summed E-state index contributed by atoms with van der Waals surface area (Å²) in [7, 11) is 0. The Hall–Kier alpha value is -2.50. The highest BCUT2D eigenvalue weighted by molar-refractivity contribution is 5.92. The number of halogens is 1. The van der Waals surface area contributed by atoms with Crippen LogP contribution in [0.3, 0.4) is 0 Å². The minimum atomic E-state index is -0.234. The van der Waals surface area contributed by atoms with E-state index in [1.165, 1.54) is 6.07 Å². The van der Waals surface area contributed by atoms with Gasteiger partial charge in [-0.1, -0.05) is 18.2 Å². The van der Waals surface area contributed by atoms with Gasteiger partial charge in [0.25, 0.3) is 5.91 Å². The Morgan fingerprint density at radius 1 is 1.26 bits per heavy atom. The molecule has 0 aliphatic heterocycles. The number of aromatic nitrogens is 2. The third kappa shape index (κ3) is 5.02. The largest absolute Gasteiger partial charge is 0.354 e. The topological polar surface area (TPSA) is 66.9 Å². The number of hydrogen-bond donors (Lipinski definition) is 2. The van der Waals surface area contributed by atoms with Crippen LogP contribution in [0.15, 0.2) is 30.3 Å². The van der Waals surface area contributed by atoms with Gasteiger partial charge in [0.2, 0.25) is 5.95 Å². The molecule has 0 saturated heterocycles. The van der Waals surface area contributed by atoms with E-state index >= 15 is 0 Å². The number of nitrogens with zero attached hydrogens (tertiary/aromatic N) is 2. The highest BCUT2D eigenvalue weighted by atomic mass is 19.1. The van der Waals surface area contributed by atoms with Gasteiger partial charge in [0.1, 0.15) is 11.5 Å². The third-order valence-corrected chi connectivity index (χ3v) is 3.14. The van der Waals surface area contributed by atoms with Gasteiger partial charge in [-0.25, -0.2) is 14.4 Å². The lowest BCUT2D eigenvalue weighted by Crippen LogP contribution is -2.31. The molecular formula is C17H21FN4O. The zero-order valence-electron chi connectivity index (χ0n) is 13.6. The van der Waals surface area contributed by atoms with E-state index in [9.17, 15) is 9.18 Å². The van der Waals surface area contributed by atoms with Crippen LogP contribution in [0.25, 0.3) is 0 Å². The van der Waals surface area contributed by atoms with Crippen LogP contribution >= 0.6 is 0 Å². The highest BCUT2D eigenvalue weighted by Crippen LogP contribution is 2.09. The lowest BCUT2D eigenvalue weighted by molar-refractivity contribution is 0.0938. The molecule has 2 aromatic rings. The minimum Gasteiger partial charge on any atom is -0.354 e. The first-order valence-corrected chi connectivity index (χ1v) is 7.59. The van der Waals surface area contributed by atoms with Crippen LogP contribution in [0.2, 0.25) is 0 Å². The predicted molar refractivity (Wildman–Crippen MR) is 88.0 cm³/mol. The van der Waals surface area contributed by atoms with E-state index in [0.29, 0.717) is 35.9 Å². The molecular weight excluding hydrogens is 295 g/mol. The molecule has 0 spiro atoms. The van der Waals surface area contributed by atoms with Gasteiger partial charge >= 0.3 is 0 Å². The number of aryl methyl sites for hydroxylation is 1. The molecule has 0 unspecified atom stereocenters. The summed E-state index contributed by atoms with van der Waals surface area (Å²) in [5.74, 6) is -0.0886. The first-order valence-electron chi connectivity index (χ1n) is 7.59. The molecule has 0 aliphatic rings. The molecule has 0 fully saturated rings. The average Bonchev–Trinajstić information content (AvgIpc) is 2.48. The second-order valence-electron chi connectivity index (χ2n) is 5.61. The number of carbonyl (C=O) groups is 1. The normalized spacial score (nSPS) is 10.7. The van der Waals surface area contributed by atoms with Gasteiger partial charge < -0.3 is 10.6 Å². The maximum Gasteiger partial charge on any atom is 0.270 e. The maximum absolute atomic E-state index is 13.6. The van der Waals surface area contributed by atoms with E-state index < -0.39 is 0 Å². The lowest BCUT2D eigenvalue weighted by atomic mass is 10.1. The van der Waals surface area contributed by atoms with Crippen molar-refractivity contribution in [1.29, 1.82) is 0 Å². The Labute approximate surface area is 135 Å². The van der Waals surface area contributed by atoms with Crippen molar-refractivity contribution < 1.29 is 9.18 Å². The van der Waals surface area contributed by atoms with Crippen molar-refractivity contribution in [1.82, 2.24) is 15.3 Å². The van der Waals surface area contributed by atoms with Crippen molar-refractivity contribution in [3.63, 3.8) is 0 Å². The van der Waals surface area contributed by atoms with Crippen molar-refractivity contribution in [3.05, 3.63) is 53.1 Å². The van der Waals surface area contributed by atoms with E-state index in [1.807, 2.05) is 13.8 Å². The van der Waals surface area contributed by atoms with E-state index in [2.05, 4.69) is 20.6 Å². The van der Waals surface area contributed by atoms with Gasteiger partial charge in [0.15, 0.2) is 0 Å².